The number of aromatic nitrogens is 2. The van der Waals surface area contributed by atoms with E-state index in [1.54, 1.807) is 24.3 Å². The monoisotopic (exact) mass is 412 g/mol. The standard InChI is InChI=1S/C21H14F2N2OS2/c1-11-24-17(20(27-11)13-3-7-15(22)8-4-13)19(26)18-21(28-12(2)25-18)14-5-9-16(23)10-6-14/h3-10H,1-2H3. The van der Waals surface area contributed by atoms with Crippen LogP contribution in [0, 0.1) is 25.5 Å². The van der Waals surface area contributed by atoms with Gasteiger partial charge in [-0.05, 0) is 49.2 Å². The molecule has 2 aromatic heterocycles. The highest BCUT2D eigenvalue weighted by Crippen LogP contribution is 2.36. The number of thiazole rings is 2. The first kappa shape index (κ1) is 18.6. The molecule has 0 amide bonds. The van der Waals surface area contributed by atoms with E-state index in [0.717, 1.165) is 21.1 Å². The molecular formula is C21H14F2N2OS2. The molecule has 0 unspecified atom stereocenters. The van der Waals surface area contributed by atoms with Gasteiger partial charge in [-0.3, -0.25) is 4.79 Å². The van der Waals surface area contributed by atoms with Crippen molar-refractivity contribution in [1.29, 1.82) is 0 Å². The lowest BCUT2D eigenvalue weighted by Crippen LogP contribution is -2.06. The summed E-state index contributed by atoms with van der Waals surface area (Å²) in [5.41, 5.74) is 2.04. The van der Waals surface area contributed by atoms with Crippen LogP contribution in [0.5, 0.6) is 0 Å². The Balaban J connectivity index is 1.81. The highest BCUT2D eigenvalue weighted by molar-refractivity contribution is 7.16. The summed E-state index contributed by atoms with van der Waals surface area (Å²) in [4.78, 5) is 23.5. The molecule has 0 fully saturated rings. The van der Waals surface area contributed by atoms with Gasteiger partial charge in [-0.1, -0.05) is 24.3 Å². The number of carbonyl (C=O) groups excluding carboxylic acids is 1. The molecule has 0 aliphatic heterocycles. The first-order valence-corrected chi connectivity index (χ1v) is 10.1. The van der Waals surface area contributed by atoms with Crippen LogP contribution in [0.3, 0.4) is 0 Å². The molecule has 2 heterocycles. The second-order valence-corrected chi connectivity index (χ2v) is 8.57. The molecule has 0 bridgehead atoms. The van der Waals surface area contributed by atoms with E-state index in [0.29, 0.717) is 21.1 Å². The van der Waals surface area contributed by atoms with Crippen molar-refractivity contribution in [1.82, 2.24) is 9.97 Å². The number of hydrogen-bond donors (Lipinski definition) is 0. The summed E-state index contributed by atoms with van der Waals surface area (Å²) in [5, 5.41) is 1.47. The van der Waals surface area contributed by atoms with E-state index in [9.17, 15) is 13.6 Å². The van der Waals surface area contributed by atoms with E-state index in [1.165, 1.54) is 46.9 Å². The SMILES string of the molecule is Cc1nc(C(=O)c2nc(C)sc2-c2ccc(F)cc2)c(-c2ccc(F)cc2)s1. The van der Waals surface area contributed by atoms with Crippen LogP contribution in [0.1, 0.15) is 26.2 Å². The molecule has 0 saturated heterocycles. The maximum atomic E-state index is 13.3. The molecule has 140 valence electrons. The molecule has 7 heteroatoms. The summed E-state index contributed by atoms with van der Waals surface area (Å²) in [6, 6.07) is 12.0. The number of ketones is 1. The van der Waals surface area contributed by atoms with Crippen molar-refractivity contribution in [3.05, 3.63) is 81.6 Å². The van der Waals surface area contributed by atoms with Gasteiger partial charge >= 0.3 is 0 Å². The van der Waals surface area contributed by atoms with Gasteiger partial charge in [-0.25, -0.2) is 18.7 Å². The third kappa shape index (κ3) is 3.50. The van der Waals surface area contributed by atoms with Crippen molar-refractivity contribution in [2.45, 2.75) is 13.8 Å². The van der Waals surface area contributed by atoms with E-state index in [4.69, 9.17) is 0 Å². The molecule has 0 atom stereocenters. The molecule has 3 nitrogen and oxygen atoms in total. The van der Waals surface area contributed by atoms with Crippen LogP contribution in [0.15, 0.2) is 48.5 Å². The predicted molar refractivity (Wildman–Crippen MR) is 108 cm³/mol. The number of carbonyl (C=O) groups is 1. The van der Waals surface area contributed by atoms with E-state index < -0.39 is 0 Å². The highest BCUT2D eigenvalue weighted by atomic mass is 32.1. The number of aryl methyl sites for hydroxylation is 2. The summed E-state index contributed by atoms with van der Waals surface area (Å²) >= 11 is 2.76. The Bertz CT molecular complexity index is 1070. The van der Waals surface area contributed by atoms with Crippen molar-refractivity contribution in [2.24, 2.45) is 0 Å². The van der Waals surface area contributed by atoms with Crippen LogP contribution in [-0.2, 0) is 0 Å². The van der Waals surface area contributed by atoms with Crippen LogP contribution in [0.4, 0.5) is 8.78 Å². The summed E-state index contributed by atoms with van der Waals surface area (Å²) in [5.74, 6) is -0.981. The van der Waals surface area contributed by atoms with Crippen molar-refractivity contribution < 1.29 is 13.6 Å². The Morgan fingerprint density at radius 1 is 0.714 bits per heavy atom. The van der Waals surface area contributed by atoms with Gasteiger partial charge in [-0.2, -0.15) is 0 Å². The maximum Gasteiger partial charge on any atom is 0.232 e. The van der Waals surface area contributed by atoms with Gasteiger partial charge in [0.25, 0.3) is 0 Å². The zero-order valence-electron chi connectivity index (χ0n) is 15.0. The highest BCUT2D eigenvalue weighted by Gasteiger charge is 2.25. The fraction of sp³-hybridized carbons (Fsp3) is 0.0952. The average molecular weight is 412 g/mol. The first-order valence-electron chi connectivity index (χ1n) is 8.44. The second kappa shape index (κ2) is 7.33. The molecule has 0 aliphatic rings. The lowest BCUT2D eigenvalue weighted by molar-refractivity contribution is 0.103. The van der Waals surface area contributed by atoms with Crippen LogP contribution in [-0.4, -0.2) is 15.8 Å². The van der Waals surface area contributed by atoms with Gasteiger partial charge < -0.3 is 0 Å². The smallest absolute Gasteiger partial charge is 0.232 e. The maximum absolute atomic E-state index is 13.3. The van der Waals surface area contributed by atoms with E-state index in [-0.39, 0.29) is 17.4 Å². The van der Waals surface area contributed by atoms with Crippen molar-refractivity contribution in [3.63, 3.8) is 0 Å². The fourth-order valence-corrected chi connectivity index (χ4v) is 4.71. The van der Waals surface area contributed by atoms with Gasteiger partial charge in [0, 0.05) is 0 Å². The van der Waals surface area contributed by atoms with Crippen molar-refractivity contribution >= 4 is 28.5 Å². The van der Waals surface area contributed by atoms with Gasteiger partial charge in [0.05, 0.1) is 19.8 Å². The Kier molecular flexibility index (Phi) is 4.87. The molecular weight excluding hydrogens is 398 g/mol. The van der Waals surface area contributed by atoms with Gasteiger partial charge in [0.2, 0.25) is 5.78 Å². The zero-order valence-corrected chi connectivity index (χ0v) is 16.6. The number of halogens is 2. The number of hydrogen-bond acceptors (Lipinski definition) is 5. The predicted octanol–water partition coefficient (Wildman–Crippen LogP) is 6.06. The van der Waals surface area contributed by atoms with Crippen LogP contribution >= 0.6 is 22.7 Å². The lowest BCUT2D eigenvalue weighted by atomic mass is 10.1. The molecule has 0 saturated carbocycles. The zero-order chi connectivity index (χ0) is 19.8. The summed E-state index contributed by atoms with van der Waals surface area (Å²) in [7, 11) is 0. The van der Waals surface area contributed by atoms with E-state index in [2.05, 4.69) is 9.97 Å². The van der Waals surface area contributed by atoms with E-state index in [1.807, 2.05) is 13.8 Å². The van der Waals surface area contributed by atoms with Crippen LogP contribution in [0.25, 0.3) is 20.9 Å². The Morgan fingerprint density at radius 3 is 1.43 bits per heavy atom. The second-order valence-electron chi connectivity index (χ2n) is 6.16. The third-order valence-electron chi connectivity index (χ3n) is 4.11. The lowest BCUT2D eigenvalue weighted by Gasteiger charge is -2.04. The first-order chi connectivity index (χ1) is 13.4. The summed E-state index contributed by atoms with van der Waals surface area (Å²) in [6.07, 6.45) is 0. The minimum Gasteiger partial charge on any atom is -0.285 e. The normalized spacial score (nSPS) is 11.0. The Hall–Kier alpha value is -2.77. The van der Waals surface area contributed by atoms with Gasteiger partial charge in [-0.15, -0.1) is 22.7 Å². The molecule has 0 N–H and O–H groups in total. The Labute approximate surface area is 168 Å². The summed E-state index contributed by atoms with van der Waals surface area (Å²) in [6.45, 7) is 3.64. The van der Waals surface area contributed by atoms with E-state index >= 15 is 0 Å². The average Bonchev–Trinajstić information content (AvgIpc) is 3.25. The largest absolute Gasteiger partial charge is 0.285 e. The number of nitrogens with zero attached hydrogens (tertiary/aromatic N) is 2. The van der Waals surface area contributed by atoms with Gasteiger partial charge in [0.15, 0.2) is 0 Å². The minimum absolute atomic E-state index is 0.294. The van der Waals surface area contributed by atoms with Crippen molar-refractivity contribution in [2.75, 3.05) is 0 Å². The molecule has 4 aromatic rings. The molecule has 28 heavy (non-hydrogen) atoms. The summed E-state index contributed by atoms with van der Waals surface area (Å²) < 4.78 is 26.6. The quantitative estimate of drug-likeness (QED) is 0.383. The third-order valence-corrected chi connectivity index (χ3v) is 6.15. The minimum atomic E-state index is -0.341. The molecule has 4 rings (SSSR count). The topological polar surface area (TPSA) is 42.9 Å². The van der Waals surface area contributed by atoms with Gasteiger partial charge in [0.1, 0.15) is 23.0 Å². The molecule has 0 radical (unpaired) electrons. The molecule has 0 spiro atoms. The Morgan fingerprint density at radius 2 is 1.07 bits per heavy atom. The van der Waals surface area contributed by atoms with Crippen LogP contribution < -0.4 is 0 Å². The molecule has 0 aliphatic carbocycles. The van der Waals surface area contributed by atoms with Crippen molar-refractivity contribution in [3.8, 4) is 20.9 Å². The van der Waals surface area contributed by atoms with Crippen LogP contribution in [0.2, 0.25) is 0 Å². The molecule has 2 aromatic carbocycles. The number of benzene rings is 2. The number of rotatable bonds is 4. The fourth-order valence-electron chi connectivity index (χ4n) is 2.87.